The fourth-order valence-corrected chi connectivity index (χ4v) is 2.10. The lowest BCUT2D eigenvalue weighted by Gasteiger charge is -2.30. The first-order valence-electron chi connectivity index (χ1n) is 7.87. The summed E-state index contributed by atoms with van der Waals surface area (Å²) in [5.41, 5.74) is 1.32. The molecule has 1 N–H and O–H groups in total. The molecule has 4 nitrogen and oxygen atoms in total. The minimum atomic E-state index is -0.104. The molecule has 0 spiro atoms. The number of hydrogen-bond donors (Lipinski definition) is 1. The number of rotatable bonds is 10. The zero-order valence-electron chi connectivity index (χ0n) is 14.9. The SMILES string of the molecule is C=C(C)C(=O)CCCN(CCNC(=O)C(=C)C)CC(C)(C)C. The largest absolute Gasteiger partial charge is 0.351 e. The fourth-order valence-electron chi connectivity index (χ4n) is 2.10. The molecule has 0 bridgehead atoms. The average molecular weight is 308 g/mol. The number of carbonyl (C=O) groups is 2. The van der Waals surface area contributed by atoms with Gasteiger partial charge in [0.25, 0.3) is 0 Å². The molecule has 0 atom stereocenters. The summed E-state index contributed by atoms with van der Waals surface area (Å²) in [7, 11) is 0. The summed E-state index contributed by atoms with van der Waals surface area (Å²) in [6.07, 6.45) is 1.35. The van der Waals surface area contributed by atoms with Crippen LogP contribution in [-0.2, 0) is 9.59 Å². The number of nitrogens with zero attached hydrogens (tertiary/aromatic N) is 1. The standard InChI is InChI=1S/C18H32N2O2/c1-14(2)16(21)9-8-11-20(13-18(5,6)7)12-10-19-17(22)15(3)4/h1,3,8-13H2,2,4-7H3,(H,19,22). The Hall–Kier alpha value is -1.42. The summed E-state index contributed by atoms with van der Waals surface area (Å²) < 4.78 is 0. The van der Waals surface area contributed by atoms with Crippen molar-refractivity contribution in [1.29, 1.82) is 0 Å². The summed E-state index contributed by atoms with van der Waals surface area (Å²) in [4.78, 5) is 25.4. The molecule has 0 aromatic heterocycles. The fraction of sp³-hybridized carbons (Fsp3) is 0.667. The Labute approximate surface area is 135 Å². The predicted octanol–water partition coefficient (Wildman–Crippen LogP) is 2.95. The van der Waals surface area contributed by atoms with Crippen LogP contribution in [-0.4, -0.2) is 42.8 Å². The number of Topliss-reactive ketones (excluding diaryl/α,β-unsaturated/α-hetero) is 1. The molecule has 0 saturated carbocycles. The van der Waals surface area contributed by atoms with Crippen LogP contribution < -0.4 is 5.32 Å². The lowest BCUT2D eigenvalue weighted by atomic mass is 9.96. The smallest absolute Gasteiger partial charge is 0.246 e. The molecule has 0 radical (unpaired) electrons. The second-order valence-corrected chi connectivity index (χ2v) is 7.18. The third kappa shape index (κ3) is 10.3. The average Bonchev–Trinajstić information content (AvgIpc) is 2.35. The Morgan fingerprint density at radius 2 is 1.64 bits per heavy atom. The van der Waals surface area contributed by atoms with E-state index in [1.165, 1.54) is 0 Å². The molecule has 0 heterocycles. The van der Waals surface area contributed by atoms with Crippen LogP contribution in [0, 0.1) is 5.41 Å². The van der Waals surface area contributed by atoms with E-state index in [1.807, 2.05) is 0 Å². The second kappa shape index (κ2) is 9.57. The van der Waals surface area contributed by atoms with Gasteiger partial charge in [-0.3, -0.25) is 9.59 Å². The van der Waals surface area contributed by atoms with Gasteiger partial charge in [-0.1, -0.05) is 33.9 Å². The number of ketones is 1. The van der Waals surface area contributed by atoms with E-state index >= 15 is 0 Å². The third-order valence-electron chi connectivity index (χ3n) is 3.15. The van der Waals surface area contributed by atoms with Crippen LogP contribution in [0.15, 0.2) is 24.3 Å². The molecule has 22 heavy (non-hydrogen) atoms. The molecule has 0 aromatic rings. The maximum absolute atomic E-state index is 11.6. The minimum Gasteiger partial charge on any atom is -0.351 e. The molecule has 0 unspecified atom stereocenters. The maximum atomic E-state index is 11.6. The monoisotopic (exact) mass is 308 g/mol. The van der Waals surface area contributed by atoms with Gasteiger partial charge in [0, 0.05) is 31.6 Å². The van der Waals surface area contributed by atoms with E-state index in [1.54, 1.807) is 13.8 Å². The topological polar surface area (TPSA) is 49.4 Å². The highest BCUT2D eigenvalue weighted by Crippen LogP contribution is 2.15. The summed E-state index contributed by atoms with van der Waals surface area (Å²) in [5.74, 6) is 0.0273. The van der Waals surface area contributed by atoms with Crippen LogP contribution in [0.3, 0.4) is 0 Å². The second-order valence-electron chi connectivity index (χ2n) is 7.18. The number of carbonyl (C=O) groups excluding carboxylic acids is 2. The van der Waals surface area contributed by atoms with Crippen LogP contribution in [0.4, 0.5) is 0 Å². The van der Waals surface area contributed by atoms with Crippen molar-refractivity contribution in [2.75, 3.05) is 26.2 Å². The lowest BCUT2D eigenvalue weighted by molar-refractivity contribution is -0.117. The van der Waals surface area contributed by atoms with Crippen molar-refractivity contribution in [2.45, 2.75) is 47.5 Å². The minimum absolute atomic E-state index is 0.104. The number of allylic oxidation sites excluding steroid dienone is 1. The molecule has 0 aliphatic carbocycles. The van der Waals surface area contributed by atoms with E-state index in [2.05, 4.69) is 44.1 Å². The van der Waals surface area contributed by atoms with Gasteiger partial charge >= 0.3 is 0 Å². The van der Waals surface area contributed by atoms with Gasteiger partial charge < -0.3 is 10.2 Å². The van der Waals surface area contributed by atoms with Crippen molar-refractivity contribution in [3.8, 4) is 0 Å². The van der Waals surface area contributed by atoms with Crippen LogP contribution in [0.2, 0.25) is 0 Å². The van der Waals surface area contributed by atoms with Crippen molar-refractivity contribution in [3.63, 3.8) is 0 Å². The van der Waals surface area contributed by atoms with E-state index in [0.29, 0.717) is 24.1 Å². The van der Waals surface area contributed by atoms with Gasteiger partial charge in [-0.15, -0.1) is 0 Å². The Balaban J connectivity index is 4.32. The molecule has 0 aliphatic rings. The molecular weight excluding hydrogens is 276 g/mol. The number of nitrogens with one attached hydrogen (secondary N) is 1. The lowest BCUT2D eigenvalue weighted by Crippen LogP contribution is -2.39. The molecule has 126 valence electrons. The molecule has 4 heteroatoms. The van der Waals surface area contributed by atoms with Crippen molar-refractivity contribution in [1.82, 2.24) is 10.2 Å². The Kier molecular flexibility index (Phi) is 8.95. The normalized spacial score (nSPS) is 11.4. The highest BCUT2D eigenvalue weighted by Gasteiger charge is 2.16. The van der Waals surface area contributed by atoms with Crippen molar-refractivity contribution in [3.05, 3.63) is 24.3 Å². The highest BCUT2D eigenvalue weighted by atomic mass is 16.1. The molecule has 0 aromatic carbocycles. The molecular formula is C18H32N2O2. The van der Waals surface area contributed by atoms with Crippen molar-refractivity contribution < 1.29 is 9.59 Å². The first-order chi connectivity index (χ1) is 10.0. The van der Waals surface area contributed by atoms with Gasteiger partial charge in [-0.2, -0.15) is 0 Å². The van der Waals surface area contributed by atoms with Gasteiger partial charge in [0.15, 0.2) is 5.78 Å². The number of hydrogen-bond acceptors (Lipinski definition) is 3. The summed E-state index contributed by atoms with van der Waals surface area (Å²) in [6, 6.07) is 0. The highest BCUT2D eigenvalue weighted by molar-refractivity contribution is 5.94. The summed E-state index contributed by atoms with van der Waals surface area (Å²) >= 11 is 0. The zero-order chi connectivity index (χ0) is 17.3. The van der Waals surface area contributed by atoms with Gasteiger partial charge in [-0.25, -0.2) is 0 Å². The van der Waals surface area contributed by atoms with E-state index < -0.39 is 0 Å². The van der Waals surface area contributed by atoms with Gasteiger partial charge in [-0.05, 0) is 37.8 Å². The summed E-state index contributed by atoms with van der Waals surface area (Å²) in [6.45, 7) is 20.5. The first-order valence-corrected chi connectivity index (χ1v) is 7.87. The molecule has 0 saturated heterocycles. The molecule has 0 rings (SSSR count). The van der Waals surface area contributed by atoms with E-state index in [-0.39, 0.29) is 17.1 Å². The summed E-state index contributed by atoms with van der Waals surface area (Å²) in [5, 5.41) is 2.85. The first kappa shape index (κ1) is 20.6. The predicted molar refractivity (Wildman–Crippen MR) is 92.8 cm³/mol. The van der Waals surface area contributed by atoms with Crippen molar-refractivity contribution in [2.24, 2.45) is 5.41 Å². The maximum Gasteiger partial charge on any atom is 0.246 e. The number of amides is 1. The Morgan fingerprint density at radius 1 is 1.05 bits per heavy atom. The van der Waals surface area contributed by atoms with Gasteiger partial charge in [0.05, 0.1) is 0 Å². The van der Waals surface area contributed by atoms with Crippen LogP contribution >= 0.6 is 0 Å². The van der Waals surface area contributed by atoms with Crippen LogP contribution in [0.5, 0.6) is 0 Å². The quantitative estimate of drug-likeness (QED) is 0.631. The Bertz CT molecular complexity index is 387. The molecule has 0 fully saturated rings. The van der Waals surface area contributed by atoms with E-state index in [9.17, 15) is 9.59 Å². The van der Waals surface area contributed by atoms with Crippen molar-refractivity contribution >= 4 is 11.7 Å². The van der Waals surface area contributed by atoms with E-state index in [0.717, 1.165) is 26.1 Å². The van der Waals surface area contributed by atoms with E-state index in [4.69, 9.17) is 0 Å². The van der Waals surface area contributed by atoms with Gasteiger partial charge in [0.1, 0.15) is 0 Å². The molecule has 0 aliphatic heterocycles. The third-order valence-corrected chi connectivity index (χ3v) is 3.15. The Morgan fingerprint density at radius 3 is 2.09 bits per heavy atom. The molecule has 1 amide bonds. The van der Waals surface area contributed by atoms with Crippen LogP contribution in [0.25, 0.3) is 0 Å². The van der Waals surface area contributed by atoms with Gasteiger partial charge in [0.2, 0.25) is 5.91 Å². The zero-order valence-corrected chi connectivity index (χ0v) is 14.9. The van der Waals surface area contributed by atoms with Crippen LogP contribution in [0.1, 0.15) is 47.5 Å².